The van der Waals surface area contributed by atoms with E-state index in [2.05, 4.69) is 65.6 Å². The predicted molar refractivity (Wildman–Crippen MR) is 139 cm³/mol. The maximum atomic E-state index is 6.04. The molecular weight excluding hydrogens is 464 g/mol. The maximum absolute atomic E-state index is 6.04. The molecule has 7 heteroatoms. The van der Waals surface area contributed by atoms with E-state index in [1.807, 2.05) is 42.5 Å². The summed E-state index contributed by atoms with van der Waals surface area (Å²) in [5, 5.41) is 9.08. The highest BCUT2D eigenvalue weighted by Crippen LogP contribution is 2.38. The fraction of sp³-hybridized carbons (Fsp3) is 0.148. The highest BCUT2D eigenvalue weighted by Gasteiger charge is 2.34. The zero-order valence-electron chi connectivity index (χ0n) is 18.8. The molecule has 2 heterocycles. The Kier molecular flexibility index (Phi) is 6.18. The van der Waals surface area contributed by atoms with Crippen molar-refractivity contribution in [3.05, 3.63) is 112 Å². The molecule has 0 amide bonds. The third-order valence-corrected chi connectivity index (χ3v) is 6.50. The molecule has 1 aliphatic heterocycles. The van der Waals surface area contributed by atoms with E-state index >= 15 is 0 Å². The van der Waals surface area contributed by atoms with Gasteiger partial charge in [-0.1, -0.05) is 76.9 Å². The number of halogens is 1. The van der Waals surface area contributed by atoms with Crippen LogP contribution in [0.5, 0.6) is 0 Å². The lowest BCUT2D eigenvalue weighted by molar-refractivity contribution is 0.396. The van der Waals surface area contributed by atoms with Crippen LogP contribution in [0.25, 0.3) is 17.0 Å². The zero-order valence-corrected chi connectivity index (χ0v) is 20.4. The van der Waals surface area contributed by atoms with Crippen molar-refractivity contribution >= 4 is 34.5 Å². The van der Waals surface area contributed by atoms with Gasteiger partial charge in [0.15, 0.2) is 5.11 Å². The minimum atomic E-state index is -0.207. The summed E-state index contributed by atoms with van der Waals surface area (Å²) >= 11 is 11.9. The molecule has 170 valence electrons. The van der Waals surface area contributed by atoms with E-state index in [0.29, 0.717) is 28.4 Å². The van der Waals surface area contributed by atoms with E-state index in [9.17, 15) is 0 Å². The summed E-state index contributed by atoms with van der Waals surface area (Å²) < 4.78 is 5.80. The van der Waals surface area contributed by atoms with Crippen LogP contribution >= 0.6 is 23.8 Å². The molecule has 34 heavy (non-hydrogen) atoms. The number of hydrogen-bond acceptors (Lipinski definition) is 4. The summed E-state index contributed by atoms with van der Waals surface area (Å²) in [6.45, 7) is 4.79. The van der Waals surface area contributed by atoms with Gasteiger partial charge in [-0.2, -0.15) is 4.98 Å². The van der Waals surface area contributed by atoms with Gasteiger partial charge in [-0.3, -0.25) is 0 Å². The molecule has 0 fully saturated rings. The fourth-order valence-electron chi connectivity index (χ4n) is 4.19. The van der Waals surface area contributed by atoms with Gasteiger partial charge in [0.05, 0.1) is 11.6 Å². The second-order valence-corrected chi connectivity index (χ2v) is 9.12. The molecule has 4 aromatic rings. The van der Waals surface area contributed by atoms with E-state index in [1.165, 1.54) is 11.1 Å². The van der Waals surface area contributed by atoms with Crippen molar-refractivity contribution in [2.45, 2.75) is 26.4 Å². The molecule has 1 aliphatic rings. The molecule has 1 atom stereocenters. The van der Waals surface area contributed by atoms with Crippen molar-refractivity contribution in [2.24, 2.45) is 0 Å². The number of aromatic nitrogens is 2. The Balaban J connectivity index is 1.59. The second kappa shape index (κ2) is 9.41. The average Bonchev–Trinajstić information content (AvgIpc) is 3.32. The van der Waals surface area contributed by atoms with Crippen LogP contribution in [-0.2, 0) is 6.54 Å². The van der Waals surface area contributed by atoms with E-state index in [4.69, 9.17) is 33.3 Å². The van der Waals surface area contributed by atoms with Crippen molar-refractivity contribution in [2.75, 3.05) is 0 Å². The molecule has 0 aliphatic carbocycles. The summed E-state index contributed by atoms with van der Waals surface area (Å²) in [6, 6.07) is 25.8. The third kappa shape index (κ3) is 4.47. The molecule has 5 nitrogen and oxygen atoms in total. The van der Waals surface area contributed by atoms with Crippen LogP contribution < -0.4 is 5.32 Å². The van der Waals surface area contributed by atoms with E-state index in [0.717, 1.165) is 22.4 Å². The van der Waals surface area contributed by atoms with Crippen LogP contribution in [0.3, 0.4) is 0 Å². The van der Waals surface area contributed by atoms with E-state index in [1.54, 1.807) is 0 Å². The molecule has 1 N–H and O–H groups in total. The lowest BCUT2D eigenvalue weighted by Crippen LogP contribution is -2.45. The SMILES string of the molecule is CC1=C(c2nc(-c3ccc(Cl)cc3)no2)C(c2ccccc2)NC(=S)N1Cc1cccc(C)c1. The zero-order chi connectivity index (χ0) is 23.7. The molecule has 5 rings (SSSR count). The van der Waals surface area contributed by atoms with Gasteiger partial charge in [-0.15, -0.1) is 0 Å². The highest BCUT2D eigenvalue weighted by molar-refractivity contribution is 7.80. The summed E-state index contributed by atoms with van der Waals surface area (Å²) in [5.74, 6) is 0.970. The van der Waals surface area contributed by atoms with Crippen molar-refractivity contribution in [3.63, 3.8) is 0 Å². The smallest absolute Gasteiger partial charge is 0.258 e. The number of benzene rings is 3. The Hall–Kier alpha value is -3.48. The fourth-order valence-corrected chi connectivity index (χ4v) is 4.63. The van der Waals surface area contributed by atoms with Gasteiger partial charge >= 0.3 is 0 Å². The van der Waals surface area contributed by atoms with Crippen molar-refractivity contribution in [3.8, 4) is 11.4 Å². The molecule has 0 saturated heterocycles. The predicted octanol–water partition coefficient (Wildman–Crippen LogP) is 6.56. The van der Waals surface area contributed by atoms with Crippen molar-refractivity contribution in [1.29, 1.82) is 0 Å². The number of rotatable bonds is 5. The minimum absolute atomic E-state index is 0.207. The molecule has 1 aromatic heterocycles. The first-order valence-electron chi connectivity index (χ1n) is 11.0. The van der Waals surface area contributed by atoms with Gasteiger partial charge < -0.3 is 14.7 Å². The van der Waals surface area contributed by atoms with Crippen molar-refractivity contribution < 1.29 is 4.52 Å². The Morgan fingerprint density at radius 1 is 1.00 bits per heavy atom. The second-order valence-electron chi connectivity index (χ2n) is 8.30. The van der Waals surface area contributed by atoms with Crippen LogP contribution in [-0.4, -0.2) is 20.2 Å². The van der Waals surface area contributed by atoms with Gasteiger partial charge in [0.1, 0.15) is 0 Å². The van der Waals surface area contributed by atoms with Gasteiger partial charge in [0.2, 0.25) is 5.82 Å². The Labute approximate surface area is 209 Å². The Morgan fingerprint density at radius 3 is 2.50 bits per heavy atom. The van der Waals surface area contributed by atoms with Crippen LogP contribution in [0.2, 0.25) is 5.02 Å². The highest BCUT2D eigenvalue weighted by atomic mass is 35.5. The summed E-state index contributed by atoms with van der Waals surface area (Å²) in [6.07, 6.45) is 0. The maximum Gasteiger partial charge on any atom is 0.258 e. The summed E-state index contributed by atoms with van der Waals surface area (Å²) in [7, 11) is 0. The van der Waals surface area contributed by atoms with Crippen LogP contribution in [0.4, 0.5) is 0 Å². The Bertz CT molecular complexity index is 1360. The largest absolute Gasteiger partial charge is 0.351 e. The van der Waals surface area contributed by atoms with Crippen LogP contribution in [0.15, 0.2) is 89.1 Å². The molecular formula is C27H23ClN4OS. The van der Waals surface area contributed by atoms with Crippen molar-refractivity contribution in [1.82, 2.24) is 20.4 Å². The number of allylic oxidation sites excluding steroid dienone is 1. The van der Waals surface area contributed by atoms with Gasteiger partial charge in [-0.05, 0) is 61.5 Å². The first kappa shape index (κ1) is 22.3. The summed E-state index contributed by atoms with van der Waals surface area (Å²) in [4.78, 5) is 6.84. The number of nitrogens with zero attached hydrogens (tertiary/aromatic N) is 3. The molecule has 0 radical (unpaired) electrons. The number of aryl methyl sites for hydroxylation is 1. The minimum Gasteiger partial charge on any atom is -0.351 e. The molecule has 1 unspecified atom stereocenters. The van der Waals surface area contributed by atoms with E-state index < -0.39 is 0 Å². The van der Waals surface area contributed by atoms with E-state index in [-0.39, 0.29) is 6.04 Å². The standard InChI is InChI=1S/C27H23ClN4OS/c1-17-7-6-8-19(15-17)16-32-18(2)23(24(29-27(32)34)20-9-4-3-5-10-20)26-30-25(31-33-26)21-11-13-22(28)14-12-21/h3-15,24H,16H2,1-2H3,(H,29,34). The lowest BCUT2D eigenvalue weighted by Gasteiger charge is -2.37. The van der Waals surface area contributed by atoms with Crippen LogP contribution in [0, 0.1) is 6.92 Å². The monoisotopic (exact) mass is 486 g/mol. The molecule has 3 aromatic carbocycles. The van der Waals surface area contributed by atoms with Gasteiger partial charge in [0, 0.05) is 22.8 Å². The molecule has 0 spiro atoms. The number of hydrogen-bond donors (Lipinski definition) is 1. The van der Waals surface area contributed by atoms with Gasteiger partial charge in [-0.25, -0.2) is 0 Å². The van der Waals surface area contributed by atoms with Crippen LogP contribution in [0.1, 0.15) is 35.5 Å². The first-order chi connectivity index (χ1) is 16.5. The Morgan fingerprint density at radius 2 is 1.76 bits per heavy atom. The van der Waals surface area contributed by atoms with Gasteiger partial charge in [0.25, 0.3) is 5.89 Å². The quantitative estimate of drug-likeness (QED) is 0.322. The molecule has 0 saturated carbocycles. The average molecular weight is 487 g/mol. The number of thiocarbonyl (C=S) groups is 1. The first-order valence-corrected chi connectivity index (χ1v) is 11.8. The normalized spacial score (nSPS) is 16.0. The lowest BCUT2D eigenvalue weighted by atomic mass is 9.94. The molecule has 0 bridgehead atoms. The number of nitrogens with one attached hydrogen (secondary N) is 1. The summed E-state index contributed by atoms with van der Waals surface area (Å²) in [5.41, 5.74) is 6.17. The third-order valence-electron chi connectivity index (χ3n) is 5.91. The topological polar surface area (TPSA) is 54.2 Å².